The van der Waals surface area contributed by atoms with E-state index in [4.69, 9.17) is 10.2 Å². The van der Waals surface area contributed by atoms with E-state index in [0.717, 1.165) is 12.0 Å². The third-order valence-electron chi connectivity index (χ3n) is 5.30. The maximum absolute atomic E-state index is 13.1. The van der Waals surface area contributed by atoms with Gasteiger partial charge < -0.3 is 31.5 Å². The molecule has 11 heteroatoms. The second-order valence-corrected chi connectivity index (χ2v) is 7.96. The van der Waals surface area contributed by atoms with Gasteiger partial charge >= 0.3 is 11.9 Å². The minimum Gasteiger partial charge on any atom is -0.481 e. The molecule has 0 spiro atoms. The van der Waals surface area contributed by atoms with Crippen LogP contribution in [0.25, 0.3) is 0 Å². The second kappa shape index (κ2) is 12.5. The number of benzene rings is 1. The Morgan fingerprint density at radius 1 is 1.00 bits per heavy atom. The molecule has 11 nitrogen and oxygen atoms in total. The average molecular weight is 463 g/mol. The van der Waals surface area contributed by atoms with E-state index in [0.29, 0.717) is 13.0 Å². The van der Waals surface area contributed by atoms with Crippen LogP contribution in [0.1, 0.15) is 38.2 Å². The molecule has 2 rings (SSSR count). The van der Waals surface area contributed by atoms with E-state index in [1.807, 2.05) is 6.07 Å². The first-order valence-corrected chi connectivity index (χ1v) is 10.8. The van der Waals surface area contributed by atoms with Crippen molar-refractivity contribution in [1.29, 1.82) is 0 Å². The normalized spacial score (nSPS) is 17.9. The third kappa shape index (κ3) is 8.53. The van der Waals surface area contributed by atoms with Crippen LogP contribution in [-0.4, -0.2) is 70.6 Å². The number of carbonyl (C=O) groups excluding carboxylic acids is 3. The van der Waals surface area contributed by atoms with Crippen molar-refractivity contribution in [1.82, 2.24) is 21.3 Å². The molecule has 1 fully saturated rings. The molecule has 0 aliphatic carbocycles. The second-order valence-electron chi connectivity index (χ2n) is 7.96. The van der Waals surface area contributed by atoms with E-state index in [2.05, 4.69) is 21.3 Å². The lowest BCUT2D eigenvalue weighted by molar-refractivity contribution is -0.142. The van der Waals surface area contributed by atoms with E-state index in [1.165, 1.54) is 6.92 Å². The van der Waals surface area contributed by atoms with Gasteiger partial charge in [0, 0.05) is 12.8 Å². The largest absolute Gasteiger partial charge is 0.481 e. The maximum atomic E-state index is 13.1. The molecule has 1 heterocycles. The lowest BCUT2D eigenvalue weighted by atomic mass is 10.0. The quantitative estimate of drug-likeness (QED) is 0.239. The first-order chi connectivity index (χ1) is 15.7. The highest BCUT2D eigenvalue weighted by molar-refractivity contribution is 5.94. The molecule has 4 unspecified atom stereocenters. The van der Waals surface area contributed by atoms with Crippen LogP contribution in [0.3, 0.4) is 0 Å². The van der Waals surface area contributed by atoms with Gasteiger partial charge in [-0.2, -0.15) is 0 Å². The summed E-state index contributed by atoms with van der Waals surface area (Å²) >= 11 is 0. The van der Waals surface area contributed by atoms with E-state index in [1.54, 1.807) is 24.3 Å². The summed E-state index contributed by atoms with van der Waals surface area (Å²) in [4.78, 5) is 60.3. The van der Waals surface area contributed by atoms with Crippen molar-refractivity contribution in [2.24, 2.45) is 0 Å². The number of hydrogen-bond donors (Lipinski definition) is 6. The number of hydrogen-bond acceptors (Lipinski definition) is 6. The topological polar surface area (TPSA) is 174 Å². The van der Waals surface area contributed by atoms with E-state index in [-0.39, 0.29) is 18.7 Å². The zero-order valence-corrected chi connectivity index (χ0v) is 18.4. The van der Waals surface area contributed by atoms with E-state index in [9.17, 15) is 24.0 Å². The molecule has 1 saturated heterocycles. The Kier molecular flexibility index (Phi) is 9.80. The number of amides is 3. The van der Waals surface area contributed by atoms with Crippen LogP contribution < -0.4 is 21.3 Å². The summed E-state index contributed by atoms with van der Waals surface area (Å²) in [5.41, 5.74) is 0.781. The third-order valence-corrected chi connectivity index (χ3v) is 5.30. The molecular formula is C22H30N4O7. The van der Waals surface area contributed by atoms with Gasteiger partial charge in [0.05, 0.1) is 6.04 Å². The van der Waals surface area contributed by atoms with Crippen molar-refractivity contribution in [2.45, 2.75) is 63.2 Å². The molecule has 0 aromatic heterocycles. The zero-order chi connectivity index (χ0) is 24.4. The first kappa shape index (κ1) is 25.8. The number of rotatable bonds is 12. The standard InChI is InChI=1S/C22H30N4O7/c1-13(22(32)33)24-20(30)16(9-10-18(27)28)25-21(31)17(12-14-6-3-2-4-7-14)26-19(29)15-8-5-11-23-15/h2-4,6-7,13,15-17,23H,5,8-12H2,1H3,(H,24,30)(H,25,31)(H,26,29)(H,27,28)(H,32,33). The molecule has 1 aromatic rings. The fourth-order valence-electron chi connectivity index (χ4n) is 3.42. The molecule has 33 heavy (non-hydrogen) atoms. The lowest BCUT2D eigenvalue weighted by Gasteiger charge is -2.24. The fourth-order valence-corrected chi connectivity index (χ4v) is 3.42. The van der Waals surface area contributed by atoms with Crippen LogP contribution in [0.2, 0.25) is 0 Å². The number of carbonyl (C=O) groups is 5. The van der Waals surface area contributed by atoms with Gasteiger partial charge in [0.15, 0.2) is 0 Å². The van der Waals surface area contributed by atoms with Crippen LogP contribution in [0.15, 0.2) is 30.3 Å². The first-order valence-electron chi connectivity index (χ1n) is 10.8. The summed E-state index contributed by atoms with van der Waals surface area (Å²) in [5, 5.41) is 28.5. The number of aliphatic carboxylic acids is 2. The Balaban J connectivity index is 2.16. The van der Waals surface area contributed by atoms with Crippen molar-refractivity contribution >= 4 is 29.7 Å². The summed E-state index contributed by atoms with van der Waals surface area (Å²) in [6.45, 7) is 1.95. The predicted molar refractivity (Wildman–Crippen MR) is 117 cm³/mol. The Hall–Kier alpha value is -3.47. The van der Waals surface area contributed by atoms with E-state index < -0.39 is 54.3 Å². The van der Waals surface area contributed by atoms with Crippen LogP contribution in [0.4, 0.5) is 0 Å². The molecule has 1 aliphatic heterocycles. The summed E-state index contributed by atoms with van der Waals surface area (Å²) in [5.74, 6) is -4.27. The van der Waals surface area contributed by atoms with Gasteiger partial charge in [0.1, 0.15) is 18.1 Å². The number of carboxylic acid groups (broad SMARTS) is 2. The van der Waals surface area contributed by atoms with Gasteiger partial charge in [0.25, 0.3) is 0 Å². The Morgan fingerprint density at radius 2 is 1.67 bits per heavy atom. The highest BCUT2D eigenvalue weighted by Crippen LogP contribution is 2.09. The maximum Gasteiger partial charge on any atom is 0.325 e. The van der Waals surface area contributed by atoms with Gasteiger partial charge in [-0.1, -0.05) is 30.3 Å². The fraction of sp³-hybridized carbons (Fsp3) is 0.500. The SMILES string of the molecule is CC(NC(=O)C(CCC(=O)O)NC(=O)C(Cc1ccccc1)NC(=O)C1CCCN1)C(=O)O. The van der Waals surface area contributed by atoms with Crippen molar-refractivity contribution < 1.29 is 34.2 Å². The van der Waals surface area contributed by atoms with Crippen molar-refractivity contribution in [2.75, 3.05) is 6.54 Å². The molecule has 0 bridgehead atoms. The molecule has 4 atom stereocenters. The number of carboxylic acids is 2. The van der Waals surface area contributed by atoms with Gasteiger partial charge in [-0.15, -0.1) is 0 Å². The van der Waals surface area contributed by atoms with Gasteiger partial charge in [0.2, 0.25) is 17.7 Å². The molecule has 0 saturated carbocycles. The summed E-state index contributed by atoms with van der Waals surface area (Å²) in [6, 6.07) is 5.05. The Labute approximate surface area is 191 Å². The lowest BCUT2D eigenvalue weighted by Crippen LogP contribution is -2.57. The van der Waals surface area contributed by atoms with Gasteiger partial charge in [-0.25, -0.2) is 0 Å². The van der Waals surface area contributed by atoms with Crippen molar-refractivity contribution in [3.63, 3.8) is 0 Å². The monoisotopic (exact) mass is 462 g/mol. The van der Waals surface area contributed by atoms with E-state index >= 15 is 0 Å². The Morgan fingerprint density at radius 3 is 2.24 bits per heavy atom. The van der Waals surface area contributed by atoms with Crippen LogP contribution in [-0.2, 0) is 30.4 Å². The minimum atomic E-state index is -1.28. The Bertz CT molecular complexity index is 856. The molecular weight excluding hydrogens is 432 g/mol. The smallest absolute Gasteiger partial charge is 0.325 e. The molecule has 6 N–H and O–H groups in total. The van der Waals surface area contributed by atoms with Gasteiger partial charge in [-0.05, 0) is 38.3 Å². The van der Waals surface area contributed by atoms with Crippen LogP contribution >= 0.6 is 0 Å². The predicted octanol–water partition coefficient (Wildman–Crippen LogP) is -0.595. The summed E-state index contributed by atoms with van der Waals surface area (Å²) in [7, 11) is 0. The average Bonchev–Trinajstić information content (AvgIpc) is 3.31. The van der Waals surface area contributed by atoms with Gasteiger partial charge in [-0.3, -0.25) is 24.0 Å². The summed E-state index contributed by atoms with van der Waals surface area (Å²) < 4.78 is 0. The van der Waals surface area contributed by atoms with Crippen molar-refractivity contribution in [3.05, 3.63) is 35.9 Å². The zero-order valence-electron chi connectivity index (χ0n) is 18.4. The molecule has 3 amide bonds. The molecule has 180 valence electrons. The highest BCUT2D eigenvalue weighted by atomic mass is 16.4. The molecule has 1 aliphatic rings. The minimum absolute atomic E-state index is 0.157. The van der Waals surface area contributed by atoms with Crippen LogP contribution in [0.5, 0.6) is 0 Å². The number of nitrogens with one attached hydrogen (secondary N) is 4. The van der Waals surface area contributed by atoms with Crippen molar-refractivity contribution in [3.8, 4) is 0 Å². The van der Waals surface area contributed by atoms with Crippen LogP contribution in [0, 0.1) is 0 Å². The molecule has 1 aromatic carbocycles. The highest BCUT2D eigenvalue weighted by Gasteiger charge is 2.31. The molecule has 0 radical (unpaired) electrons. The summed E-state index contributed by atoms with van der Waals surface area (Å²) in [6.07, 6.45) is 0.982.